The molecular weight excluding hydrogens is 278 g/mol. The minimum Gasteiger partial charge on any atom is -0.242 e. The van der Waals surface area contributed by atoms with Gasteiger partial charge in [-0.05, 0) is 51.2 Å². The average Bonchev–Trinajstić information content (AvgIpc) is 2.28. The van der Waals surface area contributed by atoms with Crippen molar-refractivity contribution in [3.05, 3.63) is 34.9 Å². The fourth-order valence-corrected chi connectivity index (χ4v) is 4.35. The van der Waals surface area contributed by atoms with Crippen LogP contribution in [-0.4, -0.2) is 20.3 Å². The minimum atomic E-state index is -1.04. The van der Waals surface area contributed by atoms with Crippen LogP contribution >= 0.6 is 0 Å². The van der Waals surface area contributed by atoms with E-state index in [0.29, 0.717) is 0 Å². The summed E-state index contributed by atoms with van der Waals surface area (Å²) < 4.78 is 14.6. The van der Waals surface area contributed by atoms with Crippen LogP contribution in [0.2, 0.25) is 0 Å². The molecule has 0 aliphatic carbocycles. The fraction of sp³-hybridized carbons (Fsp3) is 0.667. The van der Waals surface area contributed by atoms with Gasteiger partial charge in [0.2, 0.25) is 0 Å². The lowest BCUT2D eigenvalue weighted by Gasteiger charge is -2.40. The molecule has 0 heterocycles. The van der Waals surface area contributed by atoms with Gasteiger partial charge < -0.3 is 0 Å². The summed E-state index contributed by atoms with van der Waals surface area (Å²) in [6, 6.07) is 6.67. The van der Waals surface area contributed by atoms with Crippen LogP contribution in [0.15, 0.2) is 18.2 Å². The third kappa shape index (κ3) is 4.40. The number of hydrogen-bond donors (Lipinski definition) is 0. The molecule has 0 bridgehead atoms. The predicted octanol–water partition coefficient (Wildman–Crippen LogP) is 4.78. The van der Waals surface area contributed by atoms with Gasteiger partial charge in [-0.1, -0.05) is 44.5 Å². The lowest BCUT2D eigenvalue weighted by molar-refractivity contribution is 0.205. The summed E-state index contributed by atoms with van der Waals surface area (Å²) in [5, 5.41) is 0. The highest BCUT2D eigenvalue weighted by molar-refractivity contribution is 7.84. The molecule has 3 heteroatoms. The van der Waals surface area contributed by atoms with E-state index < -0.39 is 11.0 Å². The standard InChI is InChI=1S/C18H31NOS/c1-13-10-11-15(14(2)12-13)16(17(3,4)5)19(9)21(20)18(6,7)8/h10-12,16H,1-9H3/t16-,21+/m0/s1. The van der Waals surface area contributed by atoms with Crippen molar-refractivity contribution in [2.45, 2.75) is 66.2 Å². The third-order valence-corrected chi connectivity index (χ3v) is 5.47. The topological polar surface area (TPSA) is 20.3 Å². The summed E-state index contributed by atoms with van der Waals surface area (Å²) in [7, 11) is 0.943. The Bertz CT molecular complexity index is 523. The molecule has 0 aromatic heterocycles. The zero-order valence-electron chi connectivity index (χ0n) is 15.1. The number of aryl methyl sites for hydroxylation is 2. The summed E-state index contributed by atoms with van der Waals surface area (Å²) >= 11 is 0. The van der Waals surface area contributed by atoms with E-state index in [1.807, 2.05) is 32.1 Å². The molecular formula is C18H31NOS. The molecule has 0 unspecified atom stereocenters. The SMILES string of the molecule is Cc1ccc([C@H](N(C)[S@](=O)C(C)(C)C)C(C)(C)C)c(C)c1. The second-order valence-electron chi connectivity index (χ2n) is 8.04. The average molecular weight is 310 g/mol. The first-order valence-corrected chi connectivity index (χ1v) is 8.68. The molecule has 0 saturated heterocycles. The van der Waals surface area contributed by atoms with Gasteiger partial charge in [-0.25, -0.2) is 8.51 Å². The Labute approximate surface area is 133 Å². The van der Waals surface area contributed by atoms with Crippen molar-refractivity contribution in [2.75, 3.05) is 7.05 Å². The van der Waals surface area contributed by atoms with Crippen LogP contribution in [-0.2, 0) is 11.0 Å². The first-order valence-electron chi connectivity index (χ1n) is 7.57. The van der Waals surface area contributed by atoms with Gasteiger partial charge in [0.15, 0.2) is 0 Å². The van der Waals surface area contributed by atoms with Crippen molar-refractivity contribution in [3.63, 3.8) is 0 Å². The van der Waals surface area contributed by atoms with Gasteiger partial charge in [0.25, 0.3) is 0 Å². The Balaban J connectivity index is 3.34. The van der Waals surface area contributed by atoms with E-state index in [9.17, 15) is 4.21 Å². The maximum atomic E-state index is 12.8. The lowest BCUT2D eigenvalue weighted by Crippen LogP contribution is -2.42. The molecule has 0 N–H and O–H groups in total. The molecule has 0 aliphatic heterocycles. The largest absolute Gasteiger partial charge is 0.242 e. The molecule has 2 atom stereocenters. The van der Waals surface area contributed by atoms with Crippen LogP contribution in [0.5, 0.6) is 0 Å². The molecule has 1 aromatic rings. The van der Waals surface area contributed by atoms with Crippen LogP contribution in [0.1, 0.15) is 64.3 Å². The third-order valence-electron chi connectivity index (χ3n) is 3.69. The maximum Gasteiger partial charge on any atom is 0.100 e. The van der Waals surface area contributed by atoms with Crippen molar-refractivity contribution in [2.24, 2.45) is 5.41 Å². The fourth-order valence-electron chi connectivity index (χ4n) is 2.87. The lowest BCUT2D eigenvalue weighted by atomic mass is 9.80. The Hall–Kier alpha value is -0.670. The predicted molar refractivity (Wildman–Crippen MR) is 93.8 cm³/mol. The van der Waals surface area contributed by atoms with E-state index in [2.05, 4.69) is 52.8 Å². The van der Waals surface area contributed by atoms with Crippen molar-refractivity contribution < 1.29 is 4.21 Å². The Morgan fingerprint density at radius 3 is 1.95 bits per heavy atom. The summed E-state index contributed by atoms with van der Waals surface area (Å²) in [6.07, 6.45) is 0. The van der Waals surface area contributed by atoms with Gasteiger partial charge in [0.05, 0.1) is 10.8 Å². The zero-order valence-corrected chi connectivity index (χ0v) is 15.9. The van der Waals surface area contributed by atoms with Crippen molar-refractivity contribution in [1.29, 1.82) is 0 Å². The first-order chi connectivity index (χ1) is 9.35. The normalized spacial score (nSPS) is 16.1. The molecule has 0 saturated carbocycles. The first kappa shape index (κ1) is 18.4. The van der Waals surface area contributed by atoms with Crippen LogP contribution in [0.25, 0.3) is 0 Å². The number of nitrogens with zero attached hydrogens (tertiary/aromatic N) is 1. The van der Waals surface area contributed by atoms with Crippen molar-refractivity contribution in [3.8, 4) is 0 Å². The van der Waals surface area contributed by atoms with Crippen LogP contribution < -0.4 is 0 Å². The monoisotopic (exact) mass is 309 g/mol. The molecule has 21 heavy (non-hydrogen) atoms. The minimum absolute atomic E-state index is 0.00960. The van der Waals surface area contributed by atoms with E-state index in [0.717, 1.165) is 0 Å². The van der Waals surface area contributed by atoms with Crippen LogP contribution in [0.4, 0.5) is 0 Å². The van der Waals surface area contributed by atoms with Crippen molar-refractivity contribution >= 4 is 11.0 Å². The van der Waals surface area contributed by atoms with Gasteiger partial charge >= 0.3 is 0 Å². The second-order valence-corrected chi connectivity index (χ2v) is 10.3. The van der Waals surface area contributed by atoms with Crippen molar-refractivity contribution in [1.82, 2.24) is 4.31 Å². The molecule has 1 aromatic carbocycles. The molecule has 0 amide bonds. The van der Waals surface area contributed by atoms with Crippen LogP contribution in [0, 0.1) is 19.3 Å². The number of hydrogen-bond acceptors (Lipinski definition) is 1. The zero-order chi connectivity index (χ0) is 16.6. The smallest absolute Gasteiger partial charge is 0.100 e. The van der Waals surface area contributed by atoms with Gasteiger partial charge in [0.1, 0.15) is 11.0 Å². The van der Waals surface area contributed by atoms with E-state index in [1.54, 1.807) is 0 Å². The molecule has 0 fully saturated rings. The van der Waals surface area contributed by atoms with Gasteiger partial charge in [-0.15, -0.1) is 0 Å². The molecule has 0 aliphatic rings. The number of rotatable bonds is 3. The quantitative estimate of drug-likeness (QED) is 0.786. The second kappa shape index (κ2) is 6.21. The molecule has 0 radical (unpaired) electrons. The summed E-state index contributed by atoms with van der Waals surface area (Å²) in [4.78, 5) is 0. The van der Waals surface area contributed by atoms with Gasteiger partial charge in [-0.2, -0.15) is 0 Å². The van der Waals surface area contributed by atoms with Gasteiger partial charge in [0, 0.05) is 7.05 Å². The summed E-state index contributed by atoms with van der Waals surface area (Å²) in [5.41, 5.74) is 3.82. The highest BCUT2D eigenvalue weighted by Gasteiger charge is 2.36. The Morgan fingerprint density at radius 2 is 1.57 bits per heavy atom. The molecule has 2 nitrogen and oxygen atoms in total. The van der Waals surface area contributed by atoms with E-state index in [4.69, 9.17) is 0 Å². The Kier molecular flexibility index (Phi) is 5.44. The Morgan fingerprint density at radius 1 is 1.05 bits per heavy atom. The van der Waals surface area contributed by atoms with E-state index in [1.165, 1.54) is 16.7 Å². The van der Waals surface area contributed by atoms with E-state index in [-0.39, 0.29) is 16.2 Å². The van der Waals surface area contributed by atoms with Crippen LogP contribution in [0.3, 0.4) is 0 Å². The molecule has 0 spiro atoms. The maximum absolute atomic E-state index is 12.8. The molecule has 120 valence electrons. The summed E-state index contributed by atoms with van der Waals surface area (Å²) in [5.74, 6) is 0. The number of benzene rings is 1. The van der Waals surface area contributed by atoms with Gasteiger partial charge in [-0.3, -0.25) is 0 Å². The highest BCUT2D eigenvalue weighted by Crippen LogP contribution is 2.40. The van der Waals surface area contributed by atoms with E-state index >= 15 is 0 Å². The summed E-state index contributed by atoms with van der Waals surface area (Å²) in [6.45, 7) is 17.0. The highest BCUT2D eigenvalue weighted by atomic mass is 32.2. The molecule has 1 rings (SSSR count).